The lowest BCUT2D eigenvalue weighted by Crippen LogP contribution is -2.13. The molecule has 6 heteroatoms. The van der Waals surface area contributed by atoms with Crippen molar-refractivity contribution in [2.24, 2.45) is 5.16 Å². The van der Waals surface area contributed by atoms with Gasteiger partial charge in [-0.05, 0) is 12.1 Å². The van der Waals surface area contributed by atoms with E-state index in [1.54, 1.807) is 24.3 Å². The second-order valence-corrected chi connectivity index (χ2v) is 4.51. The second kappa shape index (κ2) is 7.95. The van der Waals surface area contributed by atoms with Crippen molar-refractivity contribution in [3.63, 3.8) is 0 Å². The van der Waals surface area contributed by atoms with Crippen LogP contribution in [0.25, 0.3) is 0 Å². The van der Waals surface area contributed by atoms with Crippen LogP contribution >= 0.6 is 11.8 Å². The number of hydrogen-bond acceptors (Lipinski definition) is 5. The topological polar surface area (TPSA) is 78.8 Å². The summed E-state index contributed by atoms with van der Waals surface area (Å²) in [4.78, 5) is 22.0. The zero-order chi connectivity index (χ0) is 14.1. The van der Waals surface area contributed by atoms with E-state index in [2.05, 4.69) is 22.3 Å². The lowest BCUT2D eigenvalue weighted by Gasteiger charge is -2.03. The maximum absolute atomic E-state index is 11.3. The Labute approximate surface area is 115 Å². The van der Waals surface area contributed by atoms with Gasteiger partial charge in [-0.3, -0.25) is 9.59 Å². The normalized spacial score (nSPS) is 9.74. The van der Waals surface area contributed by atoms with Crippen LogP contribution in [0.1, 0.15) is 12.5 Å². The van der Waals surface area contributed by atoms with Crippen LogP contribution in [0.3, 0.4) is 0 Å². The van der Waals surface area contributed by atoms with E-state index in [0.29, 0.717) is 17.0 Å². The number of carbonyl (C=O) groups is 2. The van der Waals surface area contributed by atoms with E-state index in [9.17, 15) is 9.59 Å². The average molecular weight is 276 g/mol. The van der Waals surface area contributed by atoms with Gasteiger partial charge >= 0.3 is 0 Å². The number of benzene rings is 1. The Bertz CT molecular complexity index is 558. The van der Waals surface area contributed by atoms with Gasteiger partial charge in [0, 0.05) is 12.5 Å². The van der Waals surface area contributed by atoms with Crippen LogP contribution in [-0.2, 0) is 9.59 Å². The van der Waals surface area contributed by atoms with E-state index in [-0.39, 0.29) is 5.12 Å². The summed E-state index contributed by atoms with van der Waals surface area (Å²) >= 11 is 1.12. The third-order valence-electron chi connectivity index (χ3n) is 1.93. The number of nitrogens with zero attached hydrogens (tertiary/aromatic N) is 1. The molecule has 0 fully saturated rings. The molecule has 1 aromatic rings. The minimum absolute atomic E-state index is 0.00930. The summed E-state index contributed by atoms with van der Waals surface area (Å²) in [5, 5.41) is 13.4. The lowest BCUT2D eigenvalue weighted by molar-refractivity contribution is -0.110. The summed E-state index contributed by atoms with van der Waals surface area (Å²) in [5.41, 5.74) is 1.15. The summed E-state index contributed by atoms with van der Waals surface area (Å²) in [5.74, 6) is 5.56. The number of rotatable bonds is 3. The quantitative estimate of drug-likeness (QED) is 0.381. The minimum atomic E-state index is -0.546. The van der Waals surface area contributed by atoms with Crippen LogP contribution in [0, 0.1) is 11.8 Å². The molecule has 0 aliphatic carbocycles. The fraction of sp³-hybridized carbons (Fsp3) is 0.154. The van der Waals surface area contributed by atoms with Gasteiger partial charge in [-0.2, -0.15) is 0 Å². The van der Waals surface area contributed by atoms with Crippen molar-refractivity contribution in [1.82, 2.24) is 0 Å². The maximum Gasteiger partial charge on any atom is 0.270 e. The molecule has 0 radical (unpaired) electrons. The average Bonchev–Trinajstić information content (AvgIpc) is 2.36. The van der Waals surface area contributed by atoms with Crippen molar-refractivity contribution in [1.29, 1.82) is 0 Å². The molecule has 98 valence electrons. The SMILES string of the molecule is CC(=O)SCC#Cc1ccccc1NC(=O)C=NO. The molecule has 5 nitrogen and oxygen atoms in total. The summed E-state index contributed by atoms with van der Waals surface area (Å²) in [6.45, 7) is 1.48. The van der Waals surface area contributed by atoms with Gasteiger partial charge in [0.15, 0.2) is 5.12 Å². The van der Waals surface area contributed by atoms with Crippen molar-refractivity contribution in [2.45, 2.75) is 6.92 Å². The van der Waals surface area contributed by atoms with Crippen LogP contribution in [0.15, 0.2) is 29.4 Å². The predicted octanol–water partition coefficient (Wildman–Crippen LogP) is 1.72. The molecule has 0 aliphatic rings. The van der Waals surface area contributed by atoms with E-state index in [1.165, 1.54) is 6.92 Å². The number of carbonyl (C=O) groups excluding carboxylic acids is 2. The Balaban J connectivity index is 2.78. The van der Waals surface area contributed by atoms with Crippen molar-refractivity contribution >= 4 is 34.7 Å². The Hall–Kier alpha value is -2.26. The first-order valence-corrected chi connectivity index (χ1v) is 6.31. The minimum Gasteiger partial charge on any atom is -0.411 e. The van der Waals surface area contributed by atoms with Crippen LogP contribution in [0.5, 0.6) is 0 Å². The molecule has 1 amide bonds. The highest BCUT2D eigenvalue weighted by Gasteiger charge is 2.02. The first kappa shape index (κ1) is 14.8. The molecule has 0 atom stereocenters. The number of amides is 1. The molecule has 0 saturated carbocycles. The van der Waals surface area contributed by atoms with Gasteiger partial charge in [0.2, 0.25) is 0 Å². The Morgan fingerprint density at radius 3 is 2.89 bits per heavy atom. The van der Waals surface area contributed by atoms with Gasteiger partial charge < -0.3 is 10.5 Å². The second-order valence-electron chi connectivity index (χ2n) is 3.36. The smallest absolute Gasteiger partial charge is 0.270 e. The highest BCUT2D eigenvalue weighted by molar-refractivity contribution is 8.13. The molecule has 2 N–H and O–H groups in total. The molecular formula is C13H12N2O3S. The van der Waals surface area contributed by atoms with Gasteiger partial charge in [0.25, 0.3) is 5.91 Å². The third kappa shape index (κ3) is 5.75. The molecule has 0 heterocycles. The van der Waals surface area contributed by atoms with Crippen molar-refractivity contribution in [3.8, 4) is 11.8 Å². The van der Waals surface area contributed by atoms with Crippen LogP contribution in [0.4, 0.5) is 5.69 Å². The standard InChI is InChI=1S/C13H12N2O3S/c1-10(16)19-8-4-6-11-5-2-3-7-12(11)15-13(17)9-14-18/h2-3,5,7,9,18H,8H2,1H3,(H,15,17). The van der Waals surface area contributed by atoms with Gasteiger partial charge in [-0.25, -0.2) is 0 Å². The van der Waals surface area contributed by atoms with Gasteiger partial charge in [-0.1, -0.05) is 40.9 Å². The molecule has 0 unspecified atom stereocenters. The van der Waals surface area contributed by atoms with Gasteiger partial charge in [-0.15, -0.1) is 0 Å². The largest absolute Gasteiger partial charge is 0.411 e. The molecule has 0 aromatic heterocycles. The van der Waals surface area contributed by atoms with Crippen LogP contribution in [-0.4, -0.2) is 28.2 Å². The number of anilines is 1. The zero-order valence-corrected chi connectivity index (χ0v) is 11.0. The predicted molar refractivity (Wildman–Crippen MR) is 75.4 cm³/mol. The zero-order valence-electron chi connectivity index (χ0n) is 10.2. The summed E-state index contributed by atoms with van der Waals surface area (Å²) in [6, 6.07) is 6.97. The lowest BCUT2D eigenvalue weighted by atomic mass is 10.2. The molecule has 19 heavy (non-hydrogen) atoms. The number of para-hydroxylation sites is 1. The van der Waals surface area contributed by atoms with E-state index in [1.807, 2.05) is 0 Å². The van der Waals surface area contributed by atoms with E-state index in [0.717, 1.165) is 18.0 Å². The fourth-order valence-electron chi connectivity index (χ4n) is 1.19. The van der Waals surface area contributed by atoms with Crippen molar-refractivity contribution in [2.75, 3.05) is 11.1 Å². The van der Waals surface area contributed by atoms with E-state index < -0.39 is 5.91 Å². The highest BCUT2D eigenvalue weighted by atomic mass is 32.2. The first-order chi connectivity index (χ1) is 9.13. The van der Waals surface area contributed by atoms with Gasteiger partial charge in [0.1, 0.15) is 6.21 Å². The number of hydrogen-bond donors (Lipinski definition) is 2. The van der Waals surface area contributed by atoms with Crippen molar-refractivity contribution < 1.29 is 14.8 Å². The third-order valence-corrected chi connectivity index (χ3v) is 2.63. The summed E-state index contributed by atoms with van der Waals surface area (Å²) in [6.07, 6.45) is 0.760. The van der Waals surface area contributed by atoms with Crippen LogP contribution in [0.2, 0.25) is 0 Å². The molecule has 0 saturated heterocycles. The number of oxime groups is 1. The maximum atomic E-state index is 11.3. The number of nitrogens with one attached hydrogen (secondary N) is 1. The van der Waals surface area contributed by atoms with Gasteiger partial charge in [0.05, 0.1) is 11.4 Å². The summed E-state index contributed by atoms with van der Waals surface area (Å²) in [7, 11) is 0. The number of thioether (sulfide) groups is 1. The van der Waals surface area contributed by atoms with E-state index >= 15 is 0 Å². The molecule has 0 spiro atoms. The molecule has 1 aromatic carbocycles. The summed E-state index contributed by atoms with van der Waals surface area (Å²) < 4.78 is 0. The van der Waals surface area contributed by atoms with Crippen LogP contribution < -0.4 is 5.32 Å². The molecular weight excluding hydrogens is 264 g/mol. The fourth-order valence-corrected chi connectivity index (χ4v) is 1.54. The molecule has 1 rings (SSSR count). The highest BCUT2D eigenvalue weighted by Crippen LogP contribution is 2.13. The Morgan fingerprint density at radius 2 is 2.21 bits per heavy atom. The molecule has 0 bridgehead atoms. The molecule has 0 aliphatic heterocycles. The monoisotopic (exact) mass is 276 g/mol. The van der Waals surface area contributed by atoms with Crippen molar-refractivity contribution in [3.05, 3.63) is 29.8 Å². The Morgan fingerprint density at radius 1 is 1.47 bits per heavy atom. The van der Waals surface area contributed by atoms with E-state index in [4.69, 9.17) is 5.21 Å². The first-order valence-electron chi connectivity index (χ1n) is 5.33. The Kier molecular flexibility index (Phi) is 6.19.